The van der Waals surface area contributed by atoms with Gasteiger partial charge in [-0.3, -0.25) is 9.78 Å². The molecule has 5 rings (SSSR count). The smallest absolute Gasteiger partial charge is 0.335 e. The summed E-state index contributed by atoms with van der Waals surface area (Å²) in [6.45, 7) is 2.34. The molecule has 3 N–H and O–H groups in total. The number of nitrogens with zero attached hydrogens (tertiary/aromatic N) is 3. The molecule has 192 valence electrons. The fraction of sp³-hybridized carbons (Fsp3) is 0.172. The molecule has 2 aromatic heterocycles. The molecule has 1 amide bonds. The van der Waals surface area contributed by atoms with Gasteiger partial charge in [-0.25, -0.2) is 4.79 Å². The van der Waals surface area contributed by atoms with Gasteiger partial charge in [-0.05, 0) is 73.2 Å². The molecular formula is C29H27N5O3S. The van der Waals surface area contributed by atoms with Crippen molar-refractivity contribution in [3.05, 3.63) is 114 Å². The zero-order valence-electron chi connectivity index (χ0n) is 20.7. The van der Waals surface area contributed by atoms with E-state index in [1.807, 2.05) is 83.3 Å². The van der Waals surface area contributed by atoms with Crippen molar-refractivity contribution in [3.8, 4) is 5.69 Å². The number of carboxylic acid groups (broad SMARTS) is 1. The van der Waals surface area contributed by atoms with Crippen LogP contribution in [0.15, 0.2) is 91.3 Å². The highest BCUT2D eigenvalue weighted by Gasteiger charge is 2.41. The normalized spacial score (nSPS) is 16.8. The number of para-hydroxylation sites is 1. The number of aryl methyl sites for hydroxylation is 1. The molecule has 1 aliphatic heterocycles. The van der Waals surface area contributed by atoms with Crippen molar-refractivity contribution in [2.75, 3.05) is 11.9 Å². The van der Waals surface area contributed by atoms with Crippen LogP contribution in [0, 0.1) is 6.92 Å². The molecule has 4 aromatic rings. The molecule has 2 atom stereocenters. The van der Waals surface area contributed by atoms with Gasteiger partial charge in [0, 0.05) is 42.4 Å². The van der Waals surface area contributed by atoms with Gasteiger partial charge in [-0.1, -0.05) is 30.3 Å². The Hall–Kier alpha value is -4.50. The summed E-state index contributed by atoms with van der Waals surface area (Å²) in [6, 6.07) is 23.6. The first-order valence-corrected chi connectivity index (χ1v) is 12.7. The Morgan fingerprint density at radius 2 is 1.87 bits per heavy atom. The number of hydrogen-bond acceptors (Lipinski definition) is 4. The minimum Gasteiger partial charge on any atom is -0.478 e. The van der Waals surface area contributed by atoms with E-state index in [4.69, 9.17) is 12.2 Å². The summed E-state index contributed by atoms with van der Waals surface area (Å²) in [5, 5.41) is 16.4. The van der Waals surface area contributed by atoms with E-state index < -0.39 is 5.97 Å². The van der Waals surface area contributed by atoms with Crippen LogP contribution in [0.1, 0.15) is 45.8 Å². The van der Waals surface area contributed by atoms with E-state index in [9.17, 15) is 14.7 Å². The Kier molecular flexibility index (Phi) is 7.19. The van der Waals surface area contributed by atoms with Gasteiger partial charge < -0.3 is 25.2 Å². The largest absolute Gasteiger partial charge is 0.478 e. The molecule has 0 bridgehead atoms. The fourth-order valence-electron chi connectivity index (χ4n) is 4.77. The summed E-state index contributed by atoms with van der Waals surface area (Å²) < 4.78 is 1.96. The number of carbonyl (C=O) groups is 2. The first kappa shape index (κ1) is 25.2. The van der Waals surface area contributed by atoms with Gasteiger partial charge in [0.25, 0.3) is 0 Å². The summed E-state index contributed by atoms with van der Waals surface area (Å²) in [5.41, 5.74) is 4.42. The summed E-state index contributed by atoms with van der Waals surface area (Å²) in [4.78, 5) is 31.1. The monoisotopic (exact) mass is 525 g/mol. The Labute approximate surface area is 225 Å². The number of thiocarbonyl (C=S) groups is 1. The molecule has 1 saturated heterocycles. The quantitative estimate of drug-likeness (QED) is 0.282. The molecule has 9 heteroatoms. The molecule has 2 aromatic carbocycles. The maximum atomic E-state index is 12.9. The molecule has 1 fully saturated rings. The van der Waals surface area contributed by atoms with E-state index in [0.29, 0.717) is 11.7 Å². The number of amides is 1. The number of benzene rings is 2. The Bertz CT molecular complexity index is 1490. The number of pyridine rings is 1. The first-order valence-electron chi connectivity index (χ1n) is 12.3. The van der Waals surface area contributed by atoms with Crippen LogP contribution in [0.25, 0.3) is 5.69 Å². The predicted octanol–water partition coefficient (Wildman–Crippen LogP) is 4.88. The predicted molar refractivity (Wildman–Crippen MR) is 149 cm³/mol. The van der Waals surface area contributed by atoms with E-state index in [2.05, 4.69) is 15.6 Å². The van der Waals surface area contributed by atoms with Crippen molar-refractivity contribution >= 4 is 34.9 Å². The van der Waals surface area contributed by atoms with Crippen LogP contribution in [0.4, 0.5) is 5.69 Å². The van der Waals surface area contributed by atoms with Gasteiger partial charge in [0.1, 0.15) is 0 Å². The topological polar surface area (TPSA) is 99.5 Å². The van der Waals surface area contributed by atoms with E-state index in [0.717, 1.165) is 28.3 Å². The number of aromatic nitrogens is 2. The summed E-state index contributed by atoms with van der Waals surface area (Å²) >= 11 is 5.75. The number of carbonyl (C=O) groups excluding carboxylic acids is 1. The average molecular weight is 526 g/mol. The number of nitrogens with one attached hydrogen (secondary N) is 2. The third-order valence-corrected chi connectivity index (χ3v) is 7.00. The zero-order chi connectivity index (χ0) is 26.6. The van der Waals surface area contributed by atoms with Crippen molar-refractivity contribution in [2.45, 2.75) is 25.4 Å². The van der Waals surface area contributed by atoms with Gasteiger partial charge >= 0.3 is 5.97 Å². The zero-order valence-corrected chi connectivity index (χ0v) is 21.6. The van der Waals surface area contributed by atoms with E-state index >= 15 is 0 Å². The van der Waals surface area contributed by atoms with Crippen molar-refractivity contribution in [3.63, 3.8) is 0 Å². The molecular weight excluding hydrogens is 498 g/mol. The summed E-state index contributed by atoms with van der Waals surface area (Å²) in [7, 11) is 0. The minimum atomic E-state index is -0.989. The summed E-state index contributed by atoms with van der Waals surface area (Å²) in [6.07, 6.45) is 3.87. The second kappa shape index (κ2) is 10.9. The van der Waals surface area contributed by atoms with E-state index in [1.165, 1.54) is 0 Å². The maximum Gasteiger partial charge on any atom is 0.335 e. The van der Waals surface area contributed by atoms with Crippen LogP contribution in [0.2, 0.25) is 0 Å². The highest BCUT2D eigenvalue weighted by molar-refractivity contribution is 7.80. The molecule has 1 aliphatic rings. The van der Waals surface area contributed by atoms with Gasteiger partial charge in [0.2, 0.25) is 5.91 Å². The van der Waals surface area contributed by atoms with Gasteiger partial charge in [0.05, 0.1) is 23.3 Å². The van der Waals surface area contributed by atoms with E-state index in [-0.39, 0.29) is 30.0 Å². The lowest BCUT2D eigenvalue weighted by Gasteiger charge is -2.29. The van der Waals surface area contributed by atoms with Crippen LogP contribution < -0.4 is 10.6 Å². The number of aromatic carboxylic acids is 1. The lowest BCUT2D eigenvalue weighted by Crippen LogP contribution is -2.33. The number of hydrogen-bond donors (Lipinski definition) is 3. The second-order valence-electron chi connectivity index (χ2n) is 9.09. The van der Waals surface area contributed by atoms with Gasteiger partial charge in [0.15, 0.2) is 5.11 Å². The molecule has 0 radical (unpaired) electrons. The average Bonchev–Trinajstić information content (AvgIpc) is 3.53. The molecule has 0 spiro atoms. The van der Waals surface area contributed by atoms with Gasteiger partial charge in [-0.2, -0.15) is 0 Å². The fourth-order valence-corrected chi connectivity index (χ4v) is 5.11. The van der Waals surface area contributed by atoms with Crippen molar-refractivity contribution in [1.82, 2.24) is 19.8 Å². The van der Waals surface area contributed by atoms with E-state index in [1.54, 1.807) is 24.4 Å². The lowest BCUT2D eigenvalue weighted by molar-refractivity contribution is -0.116. The lowest BCUT2D eigenvalue weighted by atomic mass is 10.0. The molecule has 38 heavy (non-hydrogen) atoms. The summed E-state index contributed by atoms with van der Waals surface area (Å²) in [5.74, 6) is -1.09. The number of rotatable bonds is 8. The van der Waals surface area contributed by atoms with Crippen LogP contribution in [0.5, 0.6) is 0 Å². The maximum absolute atomic E-state index is 12.9. The van der Waals surface area contributed by atoms with Gasteiger partial charge in [-0.15, -0.1) is 0 Å². The van der Waals surface area contributed by atoms with Crippen molar-refractivity contribution in [2.24, 2.45) is 0 Å². The van der Waals surface area contributed by atoms with Crippen molar-refractivity contribution < 1.29 is 14.7 Å². The standard InChI is InChI=1S/C29H27N5O3S/c1-19-8-2-3-11-22(19)31-25(35)14-17-34-27(26(32-29(34)38)23-12-4-5-15-30-23)24-13-7-16-33(24)21-10-6-9-20(18-21)28(36)37/h2-13,15-16,18,26-27H,14,17H2,1H3,(H,31,35)(H,32,38)(H,36,37)/t26-,27+/m0/s1. The SMILES string of the molecule is Cc1ccccc1NC(=O)CCN1C(=S)N[C@@H](c2ccccn2)[C@H]1c1cccn1-c1cccc(C(=O)O)c1. The Morgan fingerprint density at radius 1 is 1.05 bits per heavy atom. The highest BCUT2D eigenvalue weighted by Crippen LogP contribution is 2.39. The molecule has 0 unspecified atom stereocenters. The third-order valence-electron chi connectivity index (χ3n) is 6.65. The highest BCUT2D eigenvalue weighted by atomic mass is 32.1. The Morgan fingerprint density at radius 3 is 2.63 bits per heavy atom. The molecule has 0 saturated carbocycles. The van der Waals surface area contributed by atoms with Crippen LogP contribution in [0.3, 0.4) is 0 Å². The second-order valence-corrected chi connectivity index (χ2v) is 9.48. The number of carboxylic acids is 1. The molecule has 0 aliphatic carbocycles. The third kappa shape index (κ3) is 5.14. The Balaban J connectivity index is 1.47. The number of anilines is 1. The van der Waals surface area contributed by atoms with Crippen LogP contribution in [-0.2, 0) is 4.79 Å². The minimum absolute atomic E-state index is 0.105. The van der Waals surface area contributed by atoms with Crippen LogP contribution >= 0.6 is 12.2 Å². The first-order chi connectivity index (χ1) is 18.4. The molecule has 8 nitrogen and oxygen atoms in total. The van der Waals surface area contributed by atoms with Crippen molar-refractivity contribution in [1.29, 1.82) is 0 Å². The molecule has 3 heterocycles. The van der Waals surface area contributed by atoms with Crippen LogP contribution in [-0.4, -0.2) is 43.1 Å².